The van der Waals surface area contributed by atoms with E-state index in [2.05, 4.69) is 49.5 Å². The minimum Gasteiger partial charge on any atom is -0.382 e. The zero-order chi connectivity index (χ0) is 14.6. The van der Waals surface area contributed by atoms with E-state index in [4.69, 9.17) is 4.74 Å². The third kappa shape index (κ3) is 7.66. The van der Waals surface area contributed by atoms with Crippen LogP contribution in [0.2, 0.25) is 0 Å². The number of ether oxygens (including phenoxy) is 1. The molecule has 1 aromatic carbocycles. The summed E-state index contributed by atoms with van der Waals surface area (Å²) in [5.41, 5.74) is 1.45. The van der Waals surface area contributed by atoms with E-state index in [1.165, 1.54) is 37.7 Å². The van der Waals surface area contributed by atoms with E-state index in [9.17, 15) is 0 Å². The second-order valence-electron chi connectivity index (χ2n) is 5.65. The third-order valence-corrected chi connectivity index (χ3v) is 3.87. The molecule has 1 rings (SSSR count). The van der Waals surface area contributed by atoms with Crippen molar-refractivity contribution < 1.29 is 4.74 Å². The first-order chi connectivity index (χ1) is 9.76. The molecule has 0 heterocycles. The summed E-state index contributed by atoms with van der Waals surface area (Å²) < 4.78 is 5.35. The molecule has 0 spiro atoms. The van der Waals surface area contributed by atoms with E-state index in [1.54, 1.807) is 7.11 Å². The minimum atomic E-state index is 0.370. The van der Waals surface area contributed by atoms with Crippen LogP contribution in [0.1, 0.15) is 51.5 Å². The third-order valence-electron chi connectivity index (χ3n) is 3.87. The fourth-order valence-electron chi connectivity index (χ4n) is 2.45. The molecule has 1 aromatic rings. The molecule has 0 aliphatic heterocycles. The Morgan fingerprint density at radius 2 is 1.85 bits per heavy atom. The highest BCUT2D eigenvalue weighted by Crippen LogP contribution is 2.12. The van der Waals surface area contributed by atoms with Crippen molar-refractivity contribution in [2.24, 2.45) is 0 Å². The minimum absolute atomic E-state index is 0.370. The van der Waals surface area contributed by atoms with Crippen molar-refractivity contribution in [3.8, 4) is 0 Å². The standard InChI is InChI=1S/C18H31NO/c1-4-15-19-18(14-13-16(2)20-3)12-8-11-17-9-6-5-7-10-17/h5-7,9-10,16,18-19H,4,8,11-15H2,1-3H3. The molecule has 0 radical (unpaired) electrons. The Bertz CT molecular complexity index is 325. The van der Waals surface area contributed by atoms with Gasteiger partial charge in [0.05, 0.1) is 6.10 Å². The van der Waals surface area contributed by atoms with E-state index in [0.29, 0.717) is 12.1 Å². The highest BCUT2D eigenvalue weighted by molar-refractivity contribution is 5.14. The SMILES string of the molecule is CCCNC(CCCc1ccccc1)CCC(C)OC. The van der Waals surface area contributed by atoms with Gasteiger partial charge in [-0.15, -0.1) is 0 Å². The van der Waals surface area contributed by atoms with E-state index in [0.717, 1.165) is 13.0 Å². The lowest BCUT2D eigenvalue weighted by atomic mass is 10.00. The molecule has 0 saturated heterocycles. The topological polar surface area (TPSA) is 21.3 Å². The van der Waals surface area contributed by atoms with Gasteiger partial charge in [0.25, 0.3) is 0 Å². The molecule has 0 fully saturated rings. The fourth-order valence-corrected chi connectivity index (χ4v) is 2.45. The molecule has 0 bridgehead atoms. The maximum atomic E-state index is 5.35. The summed E-state index contributed by atoms with van der Waals surface area (Å²) in [5.74, 6) is 0. The molecule has 1 N–H and O–H groups in total. The summed E-state index contributed by atoms with van der Waals surface area (Å²) >= 11 is 0. The van der Waals surface area contributed by atoms with Crippen molar-refractivity contribution >= 4 is 0 Å². The van der Waals surface area contributed by atoms with Crippen LogP contribution >= 0.6 is 0 Å². The molecular weight excluding hydrogens is 246 g/mol. The van der Waals surface area contributed by atoms with Gasteiger partial charge in [-0.05, 0) is 57.6 Å². The van der Waals surface area contributed by atoms with Crippen LogP contribution in [0.4, 0.5) is 0 Å². The molecule has 114 valence electrons. The van der Waals surface area contributed by atoms with Gasteiger partial charge < -0.3 is 10.1 Å². The summed E-state index contributed by atoms with van der Waals surface area (Å²) in [6, 6.07) is 11.4. The van der Waals surface area contributed by atoms with Crippen LogP contribution in [0.25, 0.3) is 0 Å². The van der Waals surface area contributed by atoms with Gasteiger partial charge in [-0.3, -0.25) is 0 Å². The maximum Gasteiger partial charge on any atom is 0.0543 e. The largest absolute Gasteiger partial charge is 0.382 e. The predicted octanol–water partition coefficient (Wildman–Crippen LogP) is 4.19. The van der Waals surface area contributed by atoms with Gasteiger partial charge in [-0.1, -0.05) is 37.3 Å². The monoisotopic (exact) mass is 277 g/mol. The Balaban J connectivity index is 2.28. The maximum absolute atomic E-state index is 5.35. The summed E-state index contributed by atoms with van der Waals surface area (Å²) in [5, 5.41) is 3.68. The van der Waals surface area contributed by atoms with Gasteiger partial charge in [0.1, 0.15) is 0 Å². The van der Waals surface area contributed by atoms with Crippen molar-refractivity contribution in [3.05, 3.63) is 35.9 Å². The molecule has 2 nitrogen and oxygen atoms in total. The van der Waals surface area contributed by atoms with Gasteiger partial charge >= 0.3 is 0 Å². The highest BCUT2D eigenvalue weighted by Gasteiger charge is 2.10. The van der Waals surface area contributed by atoms with Crippen LogP contribution in [0.5, 0.6) is 0 Å². The molecule has 2 heteroatoms. The van der Waals surface area contributed by atoms with Gasteiger partial charge in [0.15, 0.2) is 0 Å². The van der Waals surface area contributed by atoms with Crippen LogP contribution in [0, 0.1) is 0 Å². The Morgan fingerprint density at radius 3 is 2.50 bits per heavy atom. The van der Waals surface area contributed by atoms with E-state index in [-0.39, 0.29) is 0 Å². The lowest BCUT2D eigenvalue weighted by Crippen LogP contribution is -2.30. The molecule has 0 aliphatic carbocycles. The lowest BCUT2D eigenvalue weighted by Gasteiger charge is -2.20. The van der Waals surface area contributed by atoms with Crippen molar-refractivity contribution in [3.63, 3.8) is 0 Å². The molecule has 0 amide bonds. The lowest BCUT2D eigenvalue weighted by molar-refractivity contribution is 0.105. The molecule has 20 heavy (non-hydrogen) atoms. The first-order valence-electron chi connectivity index (χ1n) is 8.06. The molecule has 0 aromatic heterocycles. The Labute approximate surface area is 124 Å². The number of benzene rings is 1. The predicted molar refractivity (Wildman–Crippen MR) is 87.2 cm³/mol. The van der Waals surface area contributed by atoms with Crippen LogP contribution < -0.4 is 5.32 Å². The van der Waals surface area contributed by atoms with Gasteiger partial charge in [0, 0.05) is 13.2 Å². The van der Waals surface area contributed by atoms with E-state index in [1.807, 2.05) is 0 Å². The number of hydrogen-bond donors (Lipinski definition) is 1. The highest BCUT2D eigenvalue weighted by atomic mass is 16.5. The summed E-state index contributed by atoms with van der Waals surface area (Å²) in [7, 11) is 1.80. The van der Waals surface area contributed by atoms with Crippen LogP contribution in [0.15, 0.2) is 30.3 Å². The van der Waals surface area contributed by atoms with Crippen molar-refractivity contribution in [1.29, 1.82) is 0 Å². The van der Waals surface area contributed by atoms with E-state index >= 15 is 0 Å². The second-order valence-corrected chi connectivity index (χ2v) is 5.65. The molecule has 2 unspecified atom stereocenters. The average Bonchev–Trinajstić information content (AvgIpc) is 2.50. The zero-order valence-corrected chi connectivity index (χ0v) is 13.4. The van der Waals surface area contributed by atoms with Crippen LogP contribution in [-0.4, -0.2) is 25.8 Å². The summed E-state index contributed by atoms with van der Waals surface area (Å²) in [6.45, 7) is 5.50. The summed E-state index contributed by atoms with van der Waals surface area (Å²) in [4.78, 5) is 0. The fraction of sp³-hybridized carbons (Fsp3) is 0.667. The van der Waals surface area contributed by atoms with Crippen LogP contribution in [0.3, 0.4) is 0 Å². The van der Waals surface area contributed by atoms with Crippen molar-refractivity contribution in [1.82, 2.24) is 5.32 Å². The number of rotatable bonds is 11. The van der Waals surface area contributed by atoms with E-state index < -0.39 is 0 Å². The van der Waals surface area contributed by atoms with Gasteiger partial charge in [-0.25, -0.2) is 0 Å². The average molecular weight is 277 g/mol. The van der Waals surface area contributed by atoms with Crippen molar-refractivity contribution in [2.75, 3.05) is 13.7 Å². The quantitative estimate of drug-likeness (QED) is 0.655. The smallest absolute Gasteiger partial charge is 0.0543 e. The van der Waals surface area contributed by atoms with Crippen LogP contribution in [-0.2, 0) is 11.2 Å². The normalized spacial score (nSPS) is 14.2. The molecule has 2 atom stereocenters. The molecule has 0 saturated carbocycles. The second kappa shape index (κ2) is 10.9. The number of methoxy groups -OCH3 is 1. The first kappa shape index (κ1) is 17.2. The molecular formula is C18H31NO. The summed E-state index contributed by atoms with van der Waals surface area (Å²) in [6.07, 6.45) is 7.63. The number of aryl methyl sites for hydroxylation is 1. The first-order valence-corrected chi connectivity index (χ1v) is 8.06. The van der Waals surface area contributed by atoms with Crippen molar-refractivity contribution in [2.45, 2.75) is 64.5 Å². The zero-order valence-electron chi connectivity index (χ0n) is 13.4. The van der Waals surface area contributed by atoms with Gasteiger partial charge in [0.2, 0.25) is 0 Å². The van der Waals surface area contributed by atoms with Gasteiger partial charge in [-0.2, -0.15) is 0 Å². The Hall–Kier alpha value is -0.860. The number of nitrogens with one attached hydrogen (secondary N) is 1. The Morgan fingerprint density at radius 1 is 1.10 bits per heavy atom. The molecule has 0 aliphatic rings. The Kier molecular flexibility index (Phi) is 9.35. The number of hydrogen-bond acceptors (Lipinski definition) is 2.